The number of thioether (sulfide) groups is 1. The summed E-state index contributed by atoms with van der Waals surface area (Å²) in [5, 5.41) is 4.25. The highest BCUT2D eigenvalue weighted by molar-refractivity contribution is 8.00. The van der Waals surface area contributed by atoms with Crippen LogP contribution in [0.3, 0.4) is 0 Å². The van der Waals surface area contributed by atoms with Crippen molar-refractivity contribution in [2.24, 2.45) is 5.92 Å². The van der Waals surface area contributed by atoms with Crippen LogP contribution in [0.15, 0.2) is 23.1 Å². The van der Waals surface area contributed by atoms with Gasteiger partial charge in [0.25, 0.3) is 0 Å². The zero-order valence-corrected chi connectivity index (χ0v) is 14.3. The standard InChI is InChI=1S/C17H29NS/c1-12(2)16(11-18-17(5,6)7)19-15-10-13(3)8-9-14(15)4/h8-10,12,16,18H,11H2,1-7H3. The monoisotopic (exact) mass is 279 g/mol. The third-order valence-corrected chi connectivity index (χ3v) is 4.91. The van der Waals surface area contributed by atoms with Gasteiger partial charge < -0.3 is 5.32 Å². The minimum Gasteiger partial charge on any atom is -0.311 e. The first-order chi connectivity index (χ1) is 8.69. The molecule has 1 nitrogen and oxygen atoms in total. The van der Waals surface area contributed by atoms with Gasteiger partial charge in [-0.25, -0.2) is 0 Å². The molecule has 108 valence electrons. The Kier molecular flexibility index (Phi) is 5.94. The van der Waals surface area contributed by atoms with Crippen LogP contribution in [-0.4, -0.2) is 17.3 Å². The fraction of sp³-hybridized carbons (Fsp3) is 0.647. The minimum atomic E-state index is 0.190. The lowest BCUT2D eigenvalue weighted by Gasteiger charge is -2.27. The maximum absolute atomic E-state index is 3.64. The minimum absolute atomic E-state index is 0.190. The lowest BCUT2D eigenvalue weighted by Crippen LogP contribution is -2.41. The topological polar surface area (TPSA) is 12.0 Å². The molecule has 19 heavy (non-hydrogen) atoms. The van der Waals surface area contributed by atoms with E-state index in [1.54, 1.807) is 0 Å². The number of hydrogen-bond donors (Lipinski definition) is 1. The molecule has 1 rings (SSSR count). The molecule has 1 unspecified atom stereocenters. The van der Waals surface area contributed by atoms with E-state index in [-0.39, 0.29) is 5.54 Å². The van der Waals surface area contributed by atoms with Crippen molar-refractivity contribution in [2.75, 3.05) is 6.54 Å². The van der Waals surface area contributed by atoms with E-state index in [0.717, 1.165) is 6.54 Å². The second kappa shape index (κ2) is 6.81. The fourth-order valence-corrected chi connectivity index (χ4v) is 3.09. The number of hydrogen-bond acceptors (Lipinski definition) is 2. The smallest absolute Gasteiger partial charge is 0.0243 e. The molecule has 0 aliphatic rings. The number of nitrogens with one attached hydrogen (secondary N) is 1. The zero-order chi connectivity index (χ0) is 14.6. The normalized spacial score (nSPS) is 13.9. The van der Waals surface area contributed by atoms with Gasteiger partial charge in [-0.15, -0.1) is 11.8 Å². The first-order valence-corrected chi connectivity index (χ1v) is 8.06. The highest BCUT2D eigenvalue weighted by Gasteiger charge is 2.19. The molecule has 1 aromatic rings. The Labute approximate surface area is 123 Å². The Bertz CT molecular complexity index is 404. The third-order valence-electron chi connectivity index (χ3n) is 3.20. The van der Waals surface area contributed by atoms with Crippen LogP contribution in [0.4, 0.5) is 0 Å². The lowest BCUT2D eigenvalue weighted by molar-refractivity contribution is 0.408. The van der Waals surface area contributed by atoms with Gasteiger partial charge in [0.05, 0.1) is 0 Å². The Morgan fingerprint density at radius 2 is 1.79 bits per heavy atom. The Morgan fingerprint density at radius 3 is 2.32 bits per heavy atom. The highest BCUT2D eigenvalue weighted by atomic mass is 32.2. The van der Waals surface area contributed by atoms with Crippen LogP contribution in [0.2, 0.25) is 0 Å². The van der Waals surface area contributed by atoms with Gasteiger partial charge >= 0.3 is 0 Å². The molecular formula is C17H29NS. The summed E-state index contributed by atoms with van der Waals surface area (Å²) in [5.41, 5.74) is 2.92. The molecule has 0 radical (unpaired) electrons. The molecule has 2 heteroatoms. The van der Waals surface area contributed by atoms with E-state index in [2.05, 4.69) is 72.0 Å². The first kappa shape index (κ1) is 16.6. The van der Waals surface area contributed by atoms with Crippen LogP contribution in [0, 0.1) is 19.8 Å². The summed E-state index contributed by atoms with van der Waals surface area (Å²) in [7, 11) is 0. The molecule has 1 aromatic carbocycles. The lowest BCUT2D eigenvalue weighted by atomic mass is 10.1. The van der Waals surface area contributed by atoms with E-state index in [4.69, 9.17) is 0 Å². The maximum atomic E-state index is 3.64. The summed E-state index contributed by atoms with van der Waals surface area (Å²) in [5.74, 6) is 0.666. The summed E-state index contributed by atoms with van der Waals surface area (Å²) in [6, 6.07) is 6.73. The summed E-state index contributed by atoms with van der Waals surface area (Å²) in [6.45, 7) is 16.7. The molecule has 0 aromatic heterocycles. The molecule has 0 spiro atoms. The largest absolute Gasteiger partial charge is 0.311 e. The average Bonchev–Trinajstić information content (AvgIpc) is 2.27. The Balaban J connectivity index is 2.75. The molecule has 0 heterocycles. The second-order valence-electron chi connectivity index (χ2n) is 6.80. The summed E-state index contributed by atoms with van der Waals surface area (Å²) < 4.78 is 0. The van der Waals surface area contributed by atoms with Gasteiger partial charge in [-0.05, 0) is 52.2 Å². The molecule has 0 aliphatic carbocycles. The van der Waals surface area contributed by atoms with Gasteiger partial charge in [-0.3, -0.25) is 0 Å². The van der Waals surface area contributed by atoms with E-state index in [9.17, 15) is 0 Å². The van der Waals surface area contributed by atoms with Crippen LogP contribution in [0.1, 0.15) is 45.7 Å². The van der Waals surface area contributed by atoms with Gasteiger partial charge in [0.2, 0.25) is 0 Å². The molecule has 0 saturated carbocycles. The summed E-state index contributed by atoms with van der Waals surface area (Å²) >= 11 is 2.02. The van der Waals surface area contributed by atoms with Crippen molar-refractivity contribution in [3.63, 3.8) is 0 Å². The predicted molar refractivity (Wildman–Crippen MR) is 88.2 cm³/mol. The van der Waals surface area contributed by atoms with E-state index in [0.29, 0.717) is 11.2 Å². The SMILES string of the molecule is Cc1ccc(C)c(SC(CNC(C)(C)C)C(C)C)c1. The molecule has 0 amide bonds. The summed E-state index contributed by atoms with van der Waals surface area (Å²) in [6.07, 6.45) is 0. The van der Waals surface area contributed by atoms with Crippen LogP contribution in [0.5, 0.6) is 0 Å². The van der Waals surface area contributed by atoms with Gasteiger partial charge in [0.15, 0.2) is 0 Å². The van der Waals surface area contributed by atoms with Crippen LogP contribution < -0.4 is 5.32 Å². The molecular weight excluding hydrogens is 250 g/mol. The second-order valence-corrected chi connectivity index (χ2v) is 8.08. The van der Waals surface area contributed by atoms with Crippen molar-refractivity contribution >= 4 is 11.8 Å². The quantitative estimate of drug-likeness (QED) is 0.776. The average molecular weight is 279 g/mol. The number of rotatable bonds is 5. The Morgan fingerprint density at radius 1 is 1.16 bits per heavy atom. The number of benzene rings is 1. The van der Waals surface area contributed by atoms with E-state index >= 15 is 0 Å². The first-order valence-electron chi connectivity index (χ1n) is 7.18. The Hall–Kier alpha value is -0.470. The van der Waals surface area contributed by atoms with Crippen LogP contribution >= 0.6 is 11.8 Å². The van der Waals surface area contributed by atoms with Crippen molar-refractivity contribution in [3.05, 3.63) is 29.3 Å². The molecule has 0 bridgehead atoms. The van der Waals surface area contributed by atoms with E-state index < -0.39 is 0 Å². The third kappa shape index (κ3) is 6.01. The molecule has 1 atom stereocenters. The van der Waals surface area contributed by atoms with Crippen molar-refractivity contribution in [2.45, 2.75) is 64.2 Å². The van der Waals surface area contributed by atoms with Gasteiger partial charge in [0.1, 0.15) is 0 Å². The molecule has 0 saturated heterocycles. The van der Waals surface area contributed by atoms with Crippen molar-refractivity contribution in [3.8, 4) is 0 Å². The van der Waals surface area contributed by atoms with Gasteiger partial charge in [0, 0.05) is 22.2 Å². The number of aryl methyl sites for hydroxylation is 2. The van der Waals surface area contributed by atoms with E-state index in [1.807, 2.05) is 11.8 Å². The summed E-state index contributed by atoms with van der Waals surface area (Å²) in [4.78, 5) is 1.43. The molecule has 0 fully saturated rings. The van der Waals surface area contributed by atoms with Crippen molar-refractivity contribution in [1.29, 1.82) is 0 Å². The molecule has 1 N–H and O–H groups in total. The highest BCUT2D eigenvalue weighted by Crippen LogP contribution is 2.31. The van der Waals surface area contributed by atoms with Crippen LogP contribution in [0.25, 0.3) is 0 Å². The predicted octanol–water partition coefficient (Wildman–Crippen LogP) is 4.81. The maximum Gasteiger partial charge on any atom is 0.0243 e. The van der Waals surface area contributed by atoms with Crippen molar-refractivity contribution in [1.82, 2.24) is 5.32 Å². The molecule has 0 aliphatic heterocycles. The van der Waals surface area contributed by atoms with Crippen LogP contribution in [-0.2, 0) is 0 Å². The van der Waals surface area contributed by atoms with Gasteiger partial charge in [-0.2, -0.15) is 0 Å². The fourth-order valence-electron chi connectivity index (χ4n) is 1.82. The van der Waals surface area contributed by atoms with E-state index in [1.165, 1.54) is 16.0 Å². The zero-order valence-electron chi connectivity index (χ0n) is 13.5. The van der Waals surface area contributed by atoms with Gasteiger partial charge in [-0.1, -0.05) is 31.5 Å². The van der Waals surface area contributed by atoms with Crippen molar-refractivity contribution < 1.29 is 0 Å².